The van der Waals surface area contributed by atoms with Crippen LogP contribution >= 0.6 is 0 Å². The molecule has 0 saturated heterocycles. The van der Waals surface area contributed by atoms with Gasteiger partial charge in [-0.25, -0.2) is 0 Å². The van der Waals surface area contributed by atoms with Gasteiger partial charge in [0.1, 0.15) is 0 Å². The Balaban J connectivity index is 2.30. The minimum Gasteiger partial charge on any atom is -0.416 e. The van der Waals surface area contributed by atoms with E-state index in [0.29, 0.717) is 11.1 Å². The maximum Gasteiger partial charge on any atom is 0.201 e. The van der Waals surface area contributed by atoms with Crippen LogP contribution in [0.2, 0.25) is 17.1 Å². The zero-order valence-corrected chi connectivity index (χ0v) is 14.4. The van der Waals surface area contributed by atoms with E-state index >= 15 is 0 Å². The Labute approximate surface area is 125 Å². The van der Waals surface area contributed by atoms with Crippen molar-refractivity contribution in [3.05, 3.63) is 42.0 Å². The van der Waals surface area contributed by atoms with Gasteiger partial charge in [0, 0.05) is 6.61 Å². The molecule has 0 saturated carbocycles. The van der Waals surface area contributed by atoms with Crippen LogP contribution in [0.3, 0.4) is 0 Å². The maximum absolute atomic E-state index is 6.47. The Hall–Kier alpha value is -0.863. The third kappa shape index (κ3) is 3.24. The summed E-state index contributed by atoms with van der Waals surface area (Å²) in [6.45, 7) is 10.3. The van der Waals surface area contributed by atoms with Gasteiger partial charge in [-0.05, 0) is 41.1 Å². The summed E-state index contributed by atoms with van der Waals surface area (Å²) >= 11 is 0. The number of hydrogen-bond donors (Lipinski definition) is 0. The van der Waals surface area contributed by atoms with Gasteiger partial charge in [0.2, 0.25) is 8.32 Å². The van der Waals surface area contributed by atoms with E-state index < -0.39 is 8.32 Å². The molecule has 0 atom stereocenters. The van der Waals surface area contributed by atoms with Crippen LogP contribution < -0.4 is 0 Å². The average Bonchev–Trinajstić information content (AvgIpc) is 2.39. The van der Waals surface area contributed by atoms with Gasteiger partial charge in [0.25, 0.3) is 0 Å². The topological polar surface area (TPSA) is 9.23 Å². The number of benzene rings is 1. The van der Waals surface area contributed by atoms with E-state index in [9.17, 15) is 0 Å². The van der Waals surface area contributed by atoms with Crippen LogP contribution in [0.1, 0.15) is 46.1 Å². The molecule has 1 heterocycles. The van der Waals surface area contributed by atoms with Crippen molar-refractivity contribution in [2.24, 2.45) is 0 Å². The normalized spacial score (nSPS) is 22.2. The van der Waals surface area contributed by atoms with Gasteiger partial charge in [-0.15, -0.1) is 0 Å². The summed E-state index contributed by atoms with van der Waals surface area (Å²) < 4.78 is 6.47. The van der Waals surface area contributed by atoms with Crippen LogP contribution in [-0.4, -0.2) is 14.9 Å². The first-order valence-corrected chi connectivity index (χ1v) is 10.2. The minimum absolute atomic E-state index is 0.675. The molecule has 0 aromatic heterocycles. The molecule has 0 amide bonds. The van der Waals surface area contributed by atoms with Gasteiger partial charge in [0.05, 0.1) is 0 Å². The second-order valence-corrected chi connectivity index (χ2v) is 11.4. The molecule has 2 rings (SSSR count). The van der Waals surface area contributed by atoms with Gasteiger partial charge in [-0.3, -0.25) is 0 Å². The highest BCUT2D eigenvalue weighted by Gasteiger charge is 2.41. The summed E-state index contributed by atoms with van der Waals surface area (Å²) in [5.41, 5.74) is 4.26. The van der Waals surface area contributed by atoms with Crippen LogP contribution in [0, 0.1) is 0 Å². The first kappa shape index (κ1) is 15.5. The predicted molar refractivity (Wildman–Crippen MR) is 90.4 cm³/mol. The number of allylic oxidation sites excluding steroid dienone is 2. The molecule has 1 aliphatic heterocycles. The van der Waals surface area contributed by atoms with Crippen LogP contribution in [0.4, 0.5) is 0 Å². The SMILES string of the molecule is CC(C)[Si]1(C(C)C)C/C=C(/c2ccccc2)CCCO1. The fraction of sp³-hybridized carbons (Fsp3) is 0.556. The van der Waals surface area contributed by atoms with Crippen molar-refractivity contribution in [2.45, 2.75) is 57.7 Å². The van der Waals surface area contributed by atoms with Crippen molar-refractivity contribution in [3.63, 3.8) is 0 Å². The lowest BCUT2D eigenvalue weighted by molar-refractivity contribution is 0.281. The fourth-order valence-electron chi connectivity index (χ4n) is 3.35. The van der Waals surface area contributed by atoms with Gasteiger partial charge < -0.3 is 4.43 Å². The number of rotatable bonds is 3. The molecule has 2 heteroatoms. The van der Waals surface area contributed by atoms with Gasteiger partial charge in [-0.2, -0.15) is 0 Å². The van der Waals surface area contributed by atoms with Crippen molar-refractivity contribution in [3.8, 4) is 0 Å². The van der Waals surface area contributed by atoms with E-state index in [1.54, 1.807) is 0 Å². The summed E-state index contributed by atoms with van der Waals surface area (Å²) in [4.78, 5) is 0. The summed E-state index contributed by atoms with van der Waals surface area (Å²) in [5, 5.41) is 0. The van der Waals surface area contributed by atoms with Crippen molar-refractivity contribution in [1.82, 2.24) is 0 Å². The molecule has 0 aliphatic carbocycles. The lowest BCUT2D eigenvalue weighted by atomic mass is 10.0. The molecule has 0 bridgehead atoms. The van der Waals surface area contributed by atoms with Crippen molar-refractivity contribution >= 4 is 13.9 Å². The monoisotopic (exact) mass is 288 g/mol. The van der Waals surface area contributed by atoms with Crippen LogP contribution in [0.15, 0.2) is 36.4 Å². The lowest BCUT2D eigenvalue weighted by Crippen LogP contribution is -2.45. The largest absolute Gasteiger partial charge is 0.416 e. The van der Waals surface area contributed by atoms with Crippen LogP contribution in [0.25, 0.3) is 5.57 Å². The van der Waals surface area contributed by atoms with Crippen molar-refractivity contribution in [1.29, 1.82) is 0 Å². The molecule has 0 fully saturated rings. The molecule has 1 aromatic carbocycles. The van der Waals surface area contributed by atoms with Gasteiger partial charge in [0.15, 0.2) is 0 Å². The third-order valence-corrected chi connectivity index (χ3v) is 10.2. The first-order valence-electron chi connectivity index (χ1n) is 7.94. The highest BCUT2D eigenvalue weighted by molar-refractivity contribution is 6.76. The predicted octanol–water partition coefficient (Wildman–Crippen LogP) is 5.65. The fourth-order valence-corrected chi connectivity index (χ4v) is 7.50. The molecule has 20 heavy (non-hydrogen) atoms. The lowest BCUT2D eigenvalue weighted by Gasteiger charge is -2.39. The van der Waals surface area contributed by atoms with Crippen LogP contribution in [0.5, 0.6) is 0 Å². The van der Waals surface area contributed by atoms with Crippen molar-refractivity contribution in [2.75, 3.05) is 6.61 Å². The number of hydrogen-bond acceptors (Lipinski definition) is 1. The van der Waals surface area contributed by atoms with E-state index in [2.05, 4.69) is 64.1 Å². The Morgan fingerprint density at radius 3 is 2.25 bits per heavy atom. The highest BCUT2D eigenvalue weighted by atomic mass is 28.4. The molecule has 110 valence electrons. The Morgan fingerprint density at radius 2 is 1.65 bits per heavy atom. The average molecular weight is 289 g/mol. The van der Waals surface area contributed by atoms with E-state index in [1.807, 2.05) is 0 Å². The summed E-state index contributed by atoms with van der Waals surface area (Å²) in [6, 6.07) is 12.0. The summed E-state index contributed by atoms with van der Waals surface area (Å²) in [7, 11) is -1.67. The molecule has 0 spiro atoms. The molecule has 0 unspecified atom stereocenters. The van der Waals surface area contributed by atoms with E-state index in [1.165, 1.54) is 11.1 Å². The molecular formula is C18H28OSi. The zero-order valence-electron chi connectivity index (χ0n) is 13.4. The molecule has 1 aromatic rings. The molecular weight excluding hydrogens is 260 g/mol. The molecule has 0 N–H and O–H groups in total. The molecule has 1 aliphatic rings. The second-order valence-electron chi connectivity index (χ2n) is 6.52. The summed E-state index contributed by atoms with van der Waals surface area (Å²) in [6.07, 6.45) is 4.78. The van der Waals surface area contributed by atoms with Crippen molar-refractivity contribution < 1.29 is 4.43 Å². The molecule has 0 radical (unpaired) electrons. The highest BCUT2D eigenvalue weighted by Crippen LogP contribution is 2.39. The first-order chi connectivity index (χ1) is 9.56. The standard InChI is InChI=1S/C18H28OSi/c1-15(2)20(16(3)4)14-12-18(11-8-13-19-20)17-9-6-5-7-10-17/h5-7,9-10,12,15-16H,8,11,13-14H2,1-4H3/b18-12+. The van der Waals surface area contributed by atoms with E-state index in [0.717, 1.165) is 25.5 Å². The minimum atomic E-state index is -1.67. The zero-order chi connectivity index (χ0) is 14.6. The Morgan fingerprint density at radius 1 is 1.00 bits per heavy atom. The quantitative estimate of drug-likeness (QED) is 0.653. The summed E-state index contributed by atoms with van der Waals surface area (Å²) in [5.74, 6) is 0. The Bertz CT molecular complexity index is 440. The second kappa shape index (κ2) is 6.73. The van der Waals surface area contributed by atoms with Gasteiger partial charge in [-0.1, -0.05) is 64.1 Å². The van der Waals surface area contributed by atoms with E-state index in [-0.39, 0.29) is 0 Å². The third-order valence-electron chi connectivity index (χ3n) is 4.73. The van der Waals surface area contributed by atoms with Crippen LogP contribution in [-0.2, 0) is 4.43 Å². The van der Waals surface area contributed by atoms with E-state index in [4.69, 9.17) is 4.43 Å². The smallest absolute Gasteiger partial charge is 0.201 e. The Kier molecular flexibility index (Phi) is 5.22. The molecule has 1 nitrogen and oxygen atoms in total. The van der Waals surface area contributed by atoms with Gasteiger partial charge >= 0.3 is 0 Å². The maximum atomic E-state index is 6.47.